The van der Waals surface area contributed by atoms with Gasteiger partial charge < -0.3 is 0 Å². The molecule has 1 radical (unpaired) electrons. The van der Waals surface area contributed by atoms with Crippen molar-refractivity contribution in [1.82, 2.24) is 0 Å². The molecule has 0 heterocycles. The van der Waals surface area contributed by atoms with Crippen LogP contribution in [-0.4, -0.2) is 3.79 Å². The summed E-state index contributed by atoms with van der Waals surface area (Å²) in [6.45, 7) is 0. The van der Waals surface area contributed by atoms with E-state index in [1.54, 1.807) is 0 Å². The summed E-state index contributed by atoms with van der Waals surface area (Å²) in [7, 11) is 0. The van der Waals surface area contributed by atoms with Gasteiger partial charge in [0.15, 0.2) is 3.79 Å². The van der Waals surface area contributed by atoms with Crippen LogP contribution in [0.1, 0.15) is 25.7 Å². The first kappa shape index (κ1) is 8.96. The lowest BCUT2D eigenvalue weighted by atomic mass is 9.90. The smallest absolute Gasteiger partial charge is 0.0834 e. The molecule has 1 aliphatic rings. The maximum atomic E-state index is 5.73. The Morgan fingerprint density at radius 1 is 1.10 bits per heavy atom. The molecule has 0 aromatic heterocycles. The van der Waals surface area contributed by atoms with E-state index in [2.05, 4.69) is 6.42 Å². The molecule has 0 saturated heterocycles. The van der Waals surface area contributed by atoms with E-state index < -0.39 is 3.79 Å². The average Bonchev–Trinajstić information content (AvgIpc) is 1.88. The second-order valence-corrected chi connectivity index (χ2v) is 5.05. The fraction of sp³-hybridized carbons (Fsp3) is 0.857. The number of halogens is 3. The standard InChI is InChI=1S/C7H10Cl3/c8-7(9,10)6-4-2-1-3-5-6/h1,6H,2-5H2. The number of hydrogen-bond donors (Lipinski definition) is 0. The first-order valence-electron chi connectivity index (χ1n) is 3.49. The zero-order chi connectivity index (χ0) is 7.61. The minimum Gasteiger partial charge on any atom is -0.0834 e. The van der Waals surface area contributed by atoms with Crippen LogP contribution >= 0.6 is 34.8 Å². The lowest BCUT2D eigenvalue weighted by Crippen LogP contribution is -2.21. The largest absolute Gasteiger partial charge is 0.193 e. The van der Waals surface area contributed by atoms with E-state index in [9.17, 15) is 0 Å². The highest BCUT2D eigenvalue weighted by atomic mass is 35.6. The van der Waals surface area contributed by atoms with Crippen LogP contribution in [0.5, 0.6) is 0 Å². The Morgan fingerprint density at radius 2 is 1.60 bits per heavy atom. The summed E-state index contributed by atoms with van der Waals surface area (Å²) in [5.41, 5.74) is 0. The van der Waals surface area contributed by atoms with Crippen LogP contribution in [0.4, 0.5) is 0 Å². The highest BCUT2D eigenvalue weighted by Crippen LogP contribution is 2.42. The van der Waals surface area contributed by atoms with Crippen molar-refractivity contribution in [2.24, 2.45) is 5.92 Å². The van der Waals surface area contributed by atoms with Gasteiger partial charge in [-0.2, -0.15) is 0 Å². The maximum absolute atomic E-state index is 5.73. The molecular weight excluding hydrogens is 190 g/mol. The van der Waals surface area contributed by atoms with Crippen molar-refractivity contribution in [1.29, 1.82) is 0 Å². The van der Waals surface area contributed by atoms with Gasteiger partial charge in [0.05, 0.1) is 0 Å². The average molecular weight is 201 g/mol. The Hall–Kier alpha value is 0.870. The zero-order valence-corrected chi connectivity index (χ0v) is 7.88. The summed E-state index contributed by atoms with van der Waals surface area (Å²) in [5.74, 6) is 0.266. The van der Waals surface area contributed by atoms with Crippen molar-refractivity contribution < 1.29 is 0 Å². The second-order valence-electron chi connectivity index (χ2n) is 2.68. The third kappa shape index (κ3) is 2.48. The first-order valence-corrected chi connectivity index (χ1v) is 4.62. The molecule has 1 fully saturated rings. The normalized spacial score (nSPS) is 23.1. The van der Waals surface area contributed by atoms with E-state index in [4.69, 9.17) is 34.8 Å². The zero-order valence-electron chi connectivity index (χ0n) is 5.62. The molecule has 0 bridgehead atoms. The van der Waals surface area contributed by atoms with Crippen molar-refractivity contribution in [3.63, 3.8) is 0 Å². The highest BCUT2D eigenvalue weighted by molar-refractivity contribution is 6.67. The van der Waals surface area contributed by atoms with Crippen LogP contribution in [0.3, 0.4) is 0 Å². The predicted molar refractivity (Wildman–Crippen MR) is 46.5 cm³/mol. The molecule has 0 N–H and O–H groups in total. The Morgan fingerprint density at radius 3 is 1.90 bits per heavy atom. The third-order valence-corrected chi connectivity index (χ3v) is 2.83. The Balaban J connectivity index is 2.39. The van der Waals surface area contributed by atoms with Crippen LogP contribution in [0.2, 0.25) is 0 Å². The highest BCUT2D eigenvalue weighted by Gasteiger charge is 2.32. The van der Waals surface area contributed by atoms with Crippen molar-refractivity contribution in [3.05, 3.63) is 6.42 Å². The molecular formula is C7H10Cl3. The van der Waals surface area contributed by atoms with Crippen LogP contribution in [0.25, 0.3) is 0 Å². The molecule has 10 heavy (non-hydrogen) atoms. The summed E-state index contributed by atoms with van der Waals surface area (Å²) in [6, 6.07) is 0. The van der Waals surface area contributed by atoms with Crippen molar-refractivity contribution >= 4 is 34.8 Å². The lowest BCUT2D eigenvalue weighted by molar-refractivity contribution is 0.411. The summed E-state index contributed by atoms with van der Waals surface area (Å²) >= 11 is 17.2. The molecule has 0 unspecified atom stereocenters. The fourth-order valence-corrected chi connectivity index (χ4v) is 1.91. The first-order chi connectivity index (χ1) is 4.61. The van der Waals surface area contributed by atoms with E-state index in [1.165, 1.54) is 0 Å². The monoisotopic (exact) mass is 199 g/mol. The van der Waals surface area contributed by atoms with Crippen LogP contribution < -0.4 is 0 Å². The van der Waals surface area contributed by atoms with Gasteiger partial charge in [0.1, 0.15) is 0 Å². The predicted octanol–water partition coefficient (Wildman–Crippen LogP) is 3.75. The van der Waals surface area contributed by atoms with E-state index in [0.29, 0.717) is 0 Å². The summed E-state index contributed by atoms with van der Waals surface area (Å²) in [5, 5.41) is 0. The van der Waals surface area contributed by atoms with E-state index in [1.807, 2.05) is 0 Å². The van der Waals surface area contributed by atoms with Crippen LogP contribution in [0, 0.1) is 12.3 Å². The molecule has 1 rings (SSSR count). The van der Waals surface area contributed by atoms with Gasteiger partial charge in [0.2, 0.25) is 0 Å². The molecule has 0 amide bonds. The summed E-state index contributed by atoms with van der Waals surface area (Å²) in [4.78, 5) is 0. The van der Waals surface area contributed by atoms with E-state index >= 15 is 0 Å². The second kappa shape index (κ2) is 3.51. The minimum atomic E-state index is -1.03. The van der Waals surface area contributed by atoms with Gasteiger partial charge in [0.25, 0.3) is 0 Å². The molecule has 0 spiro atoms. The molecule has 0 aromatic rings. The SMILES string of the molecule is ClC(Cl)(Cl)C1CC[CH]CC1. The Kier molecular flexibility index (Phi) is 3.15. The molecule has 0 atom stereocenters. The van der Waals surface area contributed by atoms with Gasteiger partial charge in [-0.3, -0.25) is 0 Å². The van der Waals surface area contributed by atoms with Gasteiger partial charge in [-0.25, -0.2) is 0 Å². The van der Waals surface area contributed by atoms with E-state index in [0.717, 1.165) is 25.7 Å². The van der Waals surface area contributed by atoms with Gasteiger partial charge in [0, 0.05) is 5.92 Å². The van der Waals surface area contributed by atoms with Gasteiger partial charge in [-0.05, 0) is 32.1 Å². The summed E-state index contributed by atoms with van der Waals surface area (Å²) < 4.78 is -1.03. The molecule has 1 saturated carbocycles. The minimum absolute atomic E-state index is 0.266. The molecule has 59 valence electrons. The van der Waals surface area contributed by atoms with Gasteiger partial charge in [-0.1, -0.05) is 34.8 Å². The molecule has 0 aliphatic heterocycles. The quantitative estimate of drug-likeness (QED) is 0.523. The maximum Gasteiger partial charge on any atom is 0.193 e. The van der Waals surface area contributed by atoms with Crippen LogP contribution in [-0.2, 0) is 0 Å². The fourth-order valence-electron chi connectivity index (χ4n) is 1.25. The van der Waals surface area contributed by atoms with Gasteiger partial charge in [-0.15, -0.1) is 0 Å². The van der Waals surface area contributed by atoms with Crippen LogP contribution in [0.15, 0.2) is 0 Å². The topological polar surface area (TPSA) is 0 Å². The van der Waals surface area contributed by atoms with Crippen molar-refractivity contribution in [2.75, 3.05) is 0 Å². The molecule has 0 aromatic carbocycles. The number of rotatable bonds is 0. The third-order valence-electron chi connectivity index (χ3n) is 1.90. The molecule has 0 nitrogen and oxygen atoms in total. The molecule has 1 aliphatic carbocycles. The number of hydrogen-bond acceptors (Lipinski definition) is 0. The Labute approximate surface area is 76.8 Å². The Bertz CT molecular complexity index is 99.9. The van der Waals surface area contributed by atoms with Crippen molar-refractivity contribution in [3.8, 4) is 0 Å². The summed E-state index contributed by atoms with van der Waals surface area (Å²) in [6.07, 6.45) is 6.50. The van der Waals surface area contributed by atoms with E-state index in [-0.39, 0.29) is 5.92 Å². The molecule has 3 heteroatoms. The lowest BCUT2D eigenvalue weighted by Gasteiger charge is -2.27. The van der Waals surface area contributed by atoms with Crippen molar-refractivity contribution in [2.45, 2.75) is 29.5 Å². The van der Waals surface area contributed by atoms with Gasteiger partial charge >= 0.3 is 0 Å². The number of alkyl halides is 3.